The Kier molecular flexibility index (Phi) is 3.76. The molecule has 3 aromatic rings. The van der Waals surface area contributed by atoms with Crippen molar-refractivity contribution >= 4 is 34.0 Å². The van der Waals surface area contributed by atoms with Gasteiger partial charge in [0, 0.05) is 16.6 Å². The van der Waals surface area contributed by atoms with Gasteiger partial charge in [-0.3, -0.25) is 14.5 Å². The molecule has 0 aromatic heterocycles. The third kappa shape index (κ3) is 2.46. The van der Waals surface area contributed by atoms with Crippen LogP contribution in [-0.2, 0) is 4.79 Å². The van der Waals surface area contributed by atoms with Gasteiger partial charge in [0.25, 0.3) is 5.91 Å². The molecule has 0 radical (unpaired) electrons. The second-order valence-corrected chi connectivity index (χ2v) is 6.84. The Labute approximate surface area is 152 Å². The van der Waals surface area contributed by atoms with Gasteiger partial charge in [-0.2, -0.15) is 0 Å². The predicted molar refractivity (Wildman–Crippen MR) is 105 cm³/mol. The average molecular weight is 344 g/mol. The molecule has 130 valence electrons. The van der Waals surface area contributed by atoms with Crippen LogP contribution in [-0.4, -0.2) is 17.9 Å². The van der Waals surface area contributed by atoms with Gasteiger partial charge in [0.05, 0.1) is 5.69 Å². The number of nitrogens with zero attached hydrogens (tertiary/aromatic N) is 1. The van der Waals surface area contributed by atoms with Crippen LogP contribution in [0, 0.1) is 13.8 Å². The zero-order chi connectivity index (χ0) is 18.4. The van der Waals surface area contributed by atoms with E-state index >= 15 is 0 Å². The molecule has 2 amide bonds. The van der Waals surface area contributed by atoms with E-state index in [1.165, 1.54) is 0 Å². The zero-order valence-electron chi connectivity index (χ0n) is 15.0. The van der Waals surface area contributed by atoms with Crippen molar-refractivity contribution in [1.29, 1.82) is 0 Å². The number of anilines is 2. The van der Waals surface area contributed by atoms with Crippen molar-refractivity contribution < 1.29 is 9.59 Å². The highest BCUT2D eigenvalue weighted by Gasteiger charge is 2.35. The Morgan fingerprint density at radius 2 is 1.77 bits per heavy atom. The average Bonchev–Trinajstić information content (AvgIpc) is 2.92. The third-order valence-electron chi connectivity index (χ3n) is 5.01. The molecule has 1 aliphatic heterocycles. The first-order valence-electron chi connectivity index (χ1n) is 8.71. The van der Waals surface area contributed by atoms with Gasteiger partial charge < -0.3 is 5.32 Å². The summed E-state index contributed by atoms with van der Waals surface area (Å²) in [5.41, 5.74) is 4.31. The molecule has 4 rings (SSSR count). The van der Waals surface area contributed by atoms with Gasteiger partial charge >= 0.3 is 0 Å². The Morgan fingerprint density at radius 3 is 2.54 bits per heavy atom. The molecule has 3 aromatic carbocycles. The van der Waals surface area contributed by atoms with Gasteiger partial charge in [0.15, 0.2) is 0 Å². The van der Waals surface area contributed by atoms with Gasteiger partial charge in [-0.15, -0.1) is 0 Å². The zero-order valence-corrected chi connectivity index (χ0v) is 15.0. The molecular weight excluding hydrogens is 324 g/mol. The minimum atomic E-state index is -0.611. The van der Waals surface area contributed by atoms with E-state index in [0.717, 1.165) is 33.3 Å². The van der Waals surface area contributed by atoms with Crippen molar-refractivity contribution in [3.63, 3.8) is 0 Å². The lowest BCUT2D eigenvalue weighted by Crippen LogP contribution is -2.44. The summed E-state index contributed by atoms with van der Waals surface area (Å²) in [5, 5.41) is 4.91. The molecule has 0 unspecified atom stereocenters. The molecule has 1 N–H and O–H groups in total. The highest BCUT2D eigenvalue weighted by molar-refractivity contribution is 6.27. The number of hydrogen-bond acceptors (Lipinski definition) is 2. The van der Waals surface area contributed by atoms with E-state index in [-0.39, 0.29) is 11.8 Å². The van der Waals surface area contributed by atoms with Crippen molar-refractivity contribution in [2.75, 3.05) is 10.2 Å². The SMILES string of the molecule is Cc1ccc(C)c(NC(=O)[C@@H](C)N2C(=O)c3cccc4cccc2c34)c1. The number of benzene rings is 3. The lowest BCUT2D eigenvalue weighted by Gasteiger charge is -2.25. The Balaban J connectivity index is 1.68. The fraction of sp³-hybridized carbons (Fsp3) is 0.182. The standard InChI is InChI=1S/C22H20N2O2/c1-13-10-11-14(2)18(12-13)23-21(25)15(3)24-19-9-5-7-16-6-4-8-17(20(16)19)22(24)26/h4-12,15H,1-3H3,(H,23,25)/t15-/m1/s1. The lowest BCUT2D eigenvalue weighted by atomic mass is 10.1. The number of amides is 2. The summed E-state index contributed by atoms with van der Waals surface area (Å²) < 4.78 is 0. The first-order valence-corrected chi connectivity index (χ1v) is 8.71. The van der Waals surface area contributed by atoms with Gasteiger partial charge in [0.1, 0.15) is 6.04 Å². The fourth-order valence-corrected chi connectivity index (χ4v) is 3.55. The van der Waals surface area contributed by atoms with Crippen LogP contribution in [0.25, 0.3) is 10.8 Å². The van der Waals surface area contributed by atoms with Crippen LogP contribution >= 0.6 is 0 Å². The Hall–Kier alpha value is -3.14. The molecule has 0 spiro atoms. The summed E-state index contributed by atoms with van der Waals surface area (Å²) in [4.78, 5) is 27.4. The van der Waals surface area contributed by atoms with E-state index in [1.807, 2.05) is 68.4 Å². The summed E-state index contributed by atoms with van der Waals surface area (Å²) in [7, 11) is 0. The number of aryl methyl sites for hydroxylation is 2. The number of nitrogens with one attached hydrogen (secondary N) is 1. The summed E-state index contributed by atoms with van der Waals surface area (Å²) >= 11 is 0. The molecule has 1 aliphatic rings. The maximum Gasteiger partial charge on any atom is 0.259 e. The van der Waals surface area contributed by atoms with E-state index < -0.39 is 6.04 Å². The minimum Gasteiger partial charge on any atom is -0.324 e. The van der Waals surface area contributed by atoms with Crippen LogP contribution < -0.4 is 10.2 Å². The van der Waals surface area contributed by atoms with Crippen molar-refractivity contribution in [2.45, 2.75) is 26.8 Å². The Morgan fingerprint density at radius 1 is 1.04 bits per heavy atom. The molecule has 0 aliphatic carbocycles. The van der Waals surface area contributed by atoms with Crippen LogP contribution in [0.3, 0.4) is 0 Å². The molecule has 0 bridgehead atoms. The number of carbonyl (C=O) groups excluding carboxylic acids is 2. The molecule has 4 nitrogen and oxygen atoms in total. The van der Waals surface area contributed by atoms with E-state index in [0.29, 0.717) is 5.56 Å². The first kappa shape index (κ1) is 16.3. The molecule has 4 heteroatoms. The van der Waals surface area contributed by atoms with Crippen LogP contribution in [0.1, 0.15) is 28.4 Å². The lowest BCUT2D eigenvalue weighted by molar-refractivity contribution is -0.117. The van der Waals surface area contributed by atoms with Crippen LogP contribution in [0.2, 0.25) is 0 Å². The largest absolute Gasteiger partial charge is 0.324 e. The maximum absolute atomic E-state index is 12.9. The predicted octanol–water partition coefficient (Wildman–Crippen LogP) is 4.44. The highest BCUT2D eigenvalue weighted by atomic mass is 16.2. The summed E-state index contributed by atoms with van der Waals surface area (Å²) in [6.45, 7) is 5.71. The summed E-state index contributed by atoms with van der Waals surface area (Å²) in [6, 6.07) is 16.8. The van der Waals surface area contributed by atoms with Crippen LogP contribution in [0.15, 0.2) is 54.6 Å². The Bertz CT molecular complexity index is 1050. The van der Waals surface area contributed by atoms with E-state index in [9.17, 15) is 9.59 Å². The summed E-state index contributed by atoms with van der Waals surface area (Å²) in [5.74, 6) is -0.322. The molecule has 1 atom stereocenters. The summed E-state index contributed by atoms with van der Waals surface area (Å²) in [6.07, 6.45) is 0. The van der Waals surface area contributed by atoms with Crippen molar-refractivity contribution in [3.8, 4) is 0 Å². The van der Waals surface area contributed by atoms with Gasteiger partial charge in [-0.1, -0.05) is 36.4 Å². The van der Waals surface area contributed by atoms with E-state index in [2.05, 4.69) is 5.32 Å². The van der Waals surface area contributed by atoms with E-state index in [4.69, 9.17) is 0 Å². The van der Waals surface area contributed by atoms with E-state index in [1.54, 1.807) is 11.8 Å². The normalized spacial score (nSPS) is 14.0. The molecule has 0 saturated heterocycles. The molecule has 26 heavy (non-hydrogen) atoms. The third-order valence-corrected chi connectivity index (χ3v) is 5.01. The smallest absolute Gasteiger partial charge is 0.259 e. The minimum absolute atomic E-state index is 0.125. The van der Waals surface area contributed by atoms with Gasteiger partial charge in [-0.25, -0.2) is 0 Å². The number of rotatable bonds is 3. The van der Waals surface area contributed by atoms with Gasteiger partial charge in [-0.05, 0) is 55.5 Å². The molecule has 0 fully saturated rings. The first-order chi connectivity index (χ1) is 12.5. The second-order valence-electron chi connectivity index (χ2n) is 6.84. The topological polar surface area (TPSA) is 49.4 Å². The molecule has 0 saturated carbocycles. The van der Waals surface area contributed by atoms with Crippen LogP contribution in [0.4, 0.5) is 11.4 Å². The maximum atomic E-state index is 12.9. The van der Waals surface area contributed by atoms with Crippen molar-refractivity contribution in [1.82, 2.24) is 0 Å². The number of carbonyl (C=O) groups is 2. The highest BCUT2D eigenvalue weighted by Crippen LogP contribution is 2.38. The molecule has 1 heterocycles. The second kappa shape index (κ2) is 5.99. The molecular formula is C22H20N2O2. The van der Waals surface area contributed by atoms with Crippen molar-refractivity contribution in [3.05, 3.63) is 71.3 Å². The van der Waals surface area contributed by atoms with Crippen molar-refractivity contribution in [2.24, 2.45) is 0 Å². The monoisotopic (exact) mass is 344 g/mol. The van der Waals surface area contributed by atoms with Crippen LogP contribution in [0.5, 0.6) is 0 Å². The fourth-order valence-electron chi connectivity index (χ4n) is 3.55. The quantitative estimate of drug-likeness (QED) is 0.763. The number of hydrogen-bond donors (Lipinski definition) is 1. The van der Waals surface area contributed by atoms with Gasteiger partial charge in [0.2, 0.25) is 5.91 Å².